The van der Waals surface area contributed by atoms with Crippen LogP contribution < -0.4 is 15.4 Å². The van der Waals surface area contributed by atoms with Crippen LogP contribution in [0.3, 0.4) is 0 Å². The van der Waals surface area contributed by atoms with Crippen LogP contribution in [0.2, 0.25) is 0 Å². The highest BCUT2D eigenvalue weighted by atomic mass is 19.1. The maximum atomic E-state index is 14.6. The molecule has 0 aliphatic heterocycles. The van der Waals surface area contributed by atoms with Crippen LogP contribution in [0.1, 0.15) is 35.7 Å². The zero-order valence-electron chi connectivity index (χ0n) is 19.2. The van der Waals surface area contributed by atoms with Gasteiger partial charge in [-0.2, -0.15) is 0 Å². The quantitative estimate of drug-likeness (QED) is 0.406. The molecule has 0 unspecified atom stereocenters. The molecule has 0 saturated heterocycles. The number of benzene rings is 1. The predicted octanol–water partition coefficient (Wildman–Crippen LogP) is 4.20. The molecule has 1 aromatic carbocycles. The number of pyridine rings is 2. The van der Waals surface area contributed by atoms with Crippen molar-refractivity contribution in [1.82, 2.24) is 25.3 Å². The average molecular weight is 461 g/mol. The Hall–Kier alpha value is -4.14. The molecule has 4 aromatic rings. The monoisotopic (exact) mass is 460 g/mol. The van der Waals surface area contributed by atoms with Crippen LogP contribution >= 0.6 is 0 Å². The van der Waals surface area contributed by atoms with Gasteiger partial charge in [-0.15, -0.1) is 0 Å². The lowest BCUT2D eigenvalue weighted by molar-refractivity contribution is 0.0964. The van der Waals surface area contributed by atoms with E-state index in [0.29, 0.717) is 30.4 Å². The van der Waals surface area contributed by atoms with E-state index in [0.717, 1.165) is 16.8 Å². The maximum absolute atomic E-state index is 14.6. The number of hydrogen-bond acceptors (Lipinski definition) is 7. The van der Waals surface area contributed by atoms with Crippen LogP contribution in [-0.4, -0.2) is 46.0 Å². The van der Waals surface area contributed by atoms with Crippen molar-refractivity contribution in [1.29, 1.82) is 0 Å². The van der Waals surface area contributed by atoms with Crippen LogP contribution in [0.15, 0.2) is 55.1 Å². The smallest absolute Gasteiger partial charge is 0.251 e. The van der Waals surface area contributed by atoms with Gasteiger partial charge in [0, 0.05) is 55.0 Å². The van der Waals surface area contributed by atoms with Crippen LogP contribution in [-0.2, 0) is 0 Å². The van der Waals surface area contributed by atoms with E-state index in [-0.39, 0.29) is 22.8 Å². The number of rotatable bonds is 8. The molecule has 0 saturated carbocycles. The average Bonchev–Trinajstić information content (AvgIpc) is 2.87. The third-order valence-corrected chi connectivity index (χ3v) is 5.46. The molecule has 3 aromatic heterocycles. The van der Waals surface area contributed by atoms with Crippen LogP contribution in [0.5, 0.6) is 5.88 Å². The summed E-state index contributed by atoms with van der Waals surface area (Å²) in [6.07, 6.45) is 4.72. The number of carbonyl (C=O) groups is 1. The first-order valence-corrected chi connectivity index (χ1v) is 11.0. The lowest BCUT2D eigenvalue weighted by Gasteiger charge is -2.17. The Kier molecular flexibility index (Phi) is 6.91. The van der Waals surface area contributed by atoms with Gasteiger partial charge in [-0.1, -0.05) is 13.0 Å². The molecule has 2 N–H and O–H groups in total. The fourth-order valence-corrected chi connectivity index (χ4v) is 3.71. The third-order valence-electron chi connectivity index (χ3n) is 5.46. The molecule has 3 heterocycles. The van der Waals surface area contributed by atoms with Crippen molar-refractivity contribution in [3.8, 4) is 17.1 Å². The first-order chi connectivity index (χ1) is 16.5. The molecule has 0 fully saturated rings. The second-order valence-corrected chi connectivity index (χ2v) is 7.69. The van der Waals surface area contributed by atoms with E-state index in [1.54, 1.807) is 18.3 Å². The van der Waals surface area contributed by atoms with Crippen molar-refractivity contribution in [3.05, 3.63) is 72.1 Å². The Morgan fingerprint density at radius 3 is 2.71 bits per heavy atom. The summed E-state index contributed by atoms with van der Waals surface area (Å²) in [5, 5.41) is 6.09. The SMILES string of the molecule is CCOc1ccc(-c2cc(NC[C@@H](C)c3ccc(F)c4c(C(=O)NC)ccnc34)ncn2)cn1. The molecule has 4 rings (SSSR count). The lowest BCUT2D eigenvalue weighted by Crippen LogP contribution is -2.19. The Labute approximate surface area is 196 Å². The van der Waals surface area contributed by atoms with E-state index in [9.17, 15) is 9.18 Å². The Morgan fingerprint density at radius 2 is 1.97 bits per heavy atom. The van der Waals surface area contributed by atoms with Gasteiger partial charge in [-0.05, 0) is 30.7 Å². The molecule has 0 bridgehead atoms. The Morgan fingerprint density at radius 1 is 1.12 bits per heavy atom. The second-order valence-electron chi connectivity index (χ2n) is 7.69. The zero-order chi connectivity index (χ0) is 24.1. The fraction of sp³-hybridized carbons (Fsp3) is 0.240. The predicted molar refractivity (Wildman–Crippen MR) is 128 cm³/mol. The summed E-state index contributed by atoms with van der Waals surface area (Å²) in [5.74, 6) is 0.339. The van der Waals surface area contributed by atoms with Gasteiger partial charge in [-0.3, -0.25) is 9.78 Å². The van der Waals surface area contributed by atoms with Crippen molar-refractivity contribution >= 4 is 22.6 Å². The van der Waals surface area contributed by atoms with Crippen molar-refractivity contribution in [2.45, 2.75) is 19.8 Å². The van der Waals surface area contributed by atoms with Crippen molar-refractivity contribution in [3.63, 3.8) is 0 Å². The summed E-state index contributed by atoms with van der Waals surface area (Å²) in [6, 6.07) is 10.2. The van der Waals surface area contributed by atoms with Crippen molar-refractivity contribution < 1.29 is 13.9 Å². The number of halogens is 1. The van der Waals surface area contributed by atoms with Gasteiger partial charge in [-0.25, -0.2) is 19.3 Å². The van der Waals surface area contributed by atoms with Crippen LogP contribution in [0.25, 0.3) is 22.2 Å². The van der Waals surface area contributed by atoms with Crippen LogP contribution in [0.4, 0.5) is 10.2 Å². The number of carbonyl (C=O) groups excluding carboxylic acids is 1. The topological polar surface area (TPSA) is 102 Å². The minimum absolute atomic E-state index is 0.0407. The highest BCUT2D eigenvalue weighted by molar-refractivity contribution is 6.06. The zero-order valence-corrected chi connectivity index (χ0v) is 19.2. The van der Waals surface area contributed by atoms with Gasteiger partial charge < -0.3 is 15.4 Å². The second kappa shape index (κ2) is 10.2. The number of hydrogen-bond donors (Lipinski definition) is 2. The number of fused-ring (bicyclic) bond motifs is 1. The van der Waals surface area contributed by atoms with Crippen molar-refractivity contribution in [2.24, 2.45) is 0 Å². The fourth-order valence-electron chi connectivity index (χ4n) is 3.71. The summed E-state index contributed by atoms with van der Waals surface area (Å²) in [5.41, 5.74) is 3.14. The summed E-state index contributed by atoms with van der Waals surface area (Å²) in [7, 11) is 1.52. The normalized spacial score (nSPS) is 11.8. The van der Waals surface area contributed by atoms with E-state index < -0.39 is 5.82 Å². The highest BCUT2D eigenvalue weighted by Crippen LogP contribution is 2.29. The van der Waals surface area contributed by atoms with Gasteiger partial charge in [0.1, 0.15) is 18.0 Å². The largest absolute Gasteiger partial charge is 0.478 e. The molecule has 1 amide bonds. The van der Waals surface area contributed by atoms with E-state index in [1.807, 2.05) is 26.0 Å². The number of amides is 1. The molecule has 0 aliphatic rings. The first-order valence-electron chi connectivity index (χ1n) is 11.0. The van der Waals surface area contributed by atoms with Crippen molar-refractivity contribution in [2.75, 3.05) is 25.5 Å². The number of nitrogens with zero attached hydrogens (tertiary/aromatic N) is 4. The Bertz CT molecular complexity index is 1310. The molecule has 34 heavy (non-hydrogen) atoms. The first kappa shape index (κ1) is 23.0. The van der Waals surface area contributed by atoms with Gasteiger partial charge >= 0.3 is 0 Å². The lowest BCUT2D eigenvalue weighted by atomic mass is 9.95. The molecule has 0 aliphatic carbocycles. The summed E-state index contributed by atoms with van der Waals surface area (Å²) >= 11 is 0. The van der Waals surface area contributed by atoms with E-state index in [2.05, 4.69) is 30.6 Å². The van der Waals surface area contributed by atoms with E-state index >= 15 is 0 Å². The minimum atomic E-state index is -0.477. The van der Waals surface area contributed by atoms with Gasteiger partial charge in [0.15, 0.2) is 0 Å². The van der Waals surface area contributed by atoms with Gasteiger partial charge in [0.2, 0.25) is 5.88 Å². The molecule has 0 spiro atoms. The third kappa shape index (κ3) is 4.78. The summed E-state index contributed by atoms with van der Waals surface area (Å²) < 4.78 is 20.0. The minimum Gasteiger partial charge on any atom is -0.478 e. The number of aromatic nitrogens is 4. The number of anilines is 1. The molecule has 9 heteroatoms. The van der Waals surface area contributed by atoms with E-state index in [4.69, 9.17) is 4.74 Å². The molecule has 1 atom stereocenters. The molecular formula is C25H25FN6O2. The molecule has 8 nitrogen and oxygen atoms in total. The highest BCUT2D eigenvalue weighted by Gasteiger charge is 2.18. The van der Waals surface area contributed by atoms with E-state index in [1.165, 1.54) is 31.7 Å². The maximum Gasteiger partial charge on any atom is 0.251 e. The van der Waals surface area contributed by atoms with Gasteiger partial charge in [0.25, 0.3) is 5.91 Å². The molecule has 174 valence electrons. The van der Waals surface area contributed by atoms with Gasteiger partial charge in [0.05, 0.1) is 23.4 Å². The number of ether oxygens (including phenoxy) is 1. The summed E-state index contributed by atoms with van der Waals surface area (Å²) in [6.45, 7) is 4.99. The Balaban J connectivity index is 1.54. The number of nitrogens with one attached hydrogen (secondary N) is 2. The molecular weight excluding hydrogens is 435 g/mol. The molecule has 0 radical (unpaired) electrons. The standard InChI is InChI=1S/C25H25FN6O2/c1-4-34-22-8-5-16(13-30-22)20-11-21(32-14-31-20)29-12-15(2)17-6-7-19(26)23-18(25(33)27-3)9-10-28-24(17)23/h5-11,13-15H,4,12H2,1-3H3,(H,27,33)(H,29,31,32)/t15-/m1/s1. The van der Waals surface area contributed by atoms with Crippen LogP contribution in [0, 0.1) is 5.82 Å². The summed E-state index contributed by atoms with van der Waals surface area (Å²) in [4.78, 5) is 29.5.